The van der Waals surface area contributed by atoms with E-state index >= 15 is 0 Å². The second kappa shape index (κ2) is 21.5. The number of hydrogen-bond donors (Lipinski definition) is 4. The number of piperidine rings is 1. The van der Waals surface area contributed by atoms with E-state index in [0.29, 0.717) is 42.0 Å². The van der Waals surface area contributed by atoms with Crippen molar-refractivity contribution in [1.29, 1.82) is 0 Å². The fraction of sp³-hybridized carbons (Fsp3) is 0.536. The molecular formula is C56H72N12O5S. The van der Waals surface area contributed by atoms with Crippen LogP contribution in [0.25, 0.3) is 21.7 Å². The number of carbonyl (C=O) groups is 3. The van der Waals surface area contributed by atoms with Gasteiger partial charge in [0.2, 0.25) is 23.7 Å². The number of nitrogens with one attached hydrogen (secondary N) is 1. The van der Waals surface area contributed by atoms with Gasteiger partial charge in [0.1, 0.15) is 17.8 Å². The van der Waals surface area contributed by atoms with Gasteiger partial charge in [0.25, 0.3) is 0 Å². The number of piperazine rings is 1. The molecule has 3 amide bonds. The molecule has 5 aromatic rings. The number of thiazole rings is 1. The maximum Gasteiger partial charge on any atom is 0.246 e. The Hall–Kier alpha value is -6.24. The number of aromatic hydroxyl groups is 1. The summed E-state index contributed by atoms with van der Waals surface area (Å²) in [6.45, 7) is 11.8. The average Bonchev–Trinajstić information content (AvgIpc) is 4.09. The number of aliphatic hydroxyl groups excluding tert-OH is 1. The molecule has 3 unspecified atom stereocenters. The van der Waals surface area contributed by atoms with E-state index < -0.39 is 23.6 Å². The Labute approximate surface area is 438 Å². The molecular weight excluding hydrogens is 953 g/mol. The first kappa shape index (κ1) is 51.3. The Morgan fingerprint density at radius 2 is 1.55 bits per heavy atom. The predicted octanol–water partition coefficient (Wildman–Crippen LogP) is 6.79. The Morgan fingerprint density at radius 1 is 0.878 bits per heavy atom. The first-order valence-corrected chi connectivity index (χ1v) is 27.5. The Morgan fingerprint density at radius 3 is 2.20 bits per heavy atom. The summed E-state index contributed by atoms with van der Waals surface area (Å²) >= 11 is 1.59. The van der Waals surface area contributed by atoms with Crippen LogP contribution in [0.2, 0.25) is 0 Å². The average molecular weight is 1030 g/mol. The van der Waals surface area contributed by atoms with E-state index in [0.717, 1.165) is 111 Å². The number of aryl methyl sites for hydroxylation is 1. The van der Waals surface area contributed by atoms with Crippen LogP contribution in [0, 0.1) is 18.3 Å². The topological polar surface area (TPSA) is 210 Å². The zero-order valence-electron chi connectivity index (χ0n) is 43.4. The van der Waals surface area contributed by atoms with Crippen molar-refractivity contribution in [2.45, 2.75) is 141 Å². The summed E-state index contributed by atoms with van der Waals surface area (Å²) in [6.07, 6.45) is 12.0. The summed E-state index contributed by atoms with van der Waals surface area (Å²) in [6, 6.07) is 16.4. The zero-order valence-corrected chi connectivity index (χ0v) is 44.3. The number of hydrogen-bond acceptors (Lipinski definition) is 15. The molecule has 4 aliphatic heterocycles. The summed E-state index contributed by atoms with van der Waals surface area (Å²) in [4.78, 5) is 68.1. The van der Waals surface area contributed by atoms with Gasteiger partial charge >= 0.3 is 0 Å². The maximum absolute atomic E-state index is 14.5. The van der Waals surface area contributed by atoms with Crippen molar-refractivity contribution < 1.29 is 24.6 Å². The third-order valence-corrected chi connectivity index (χ3v) is 17.6. The quantitative estimate of drug-likeness (QED) is 0.0958. The molecule has 5 aliphatic rings. The number of phenols is 1. The maximum atomic E-state index is 14.5. The highest BCUT2D eigenvalue weighted by Gasteiger charge is 2.47. The number of phenolic OH excluding ortho intramolecular Hbond substituents is 1. The van der Waals surface area contributed by atoms with Gasteiger partial charge in [-0.3, -0.25) is 14.4 Å². The molecule has 0 spiro atoms. The van der Waals surface area contributed by atoms with Gasteiger partial charge in [-0.2, -0.15) is 0 Å². The second-order valence-corrected chi connectivity index (χ2v) is 23.4. The predicted molar refractivity (Wildman–Crippen MR) is 287 cm³/mol. The molecule has 74 heavy (non-hydrogen) atoms. The number of likely N-dealkylation sites (N-methyl/N-ethyl adjacent to an activating group) is 1. The normalized spacial score (nSPS) is 24.0. The third kappa shape index (κ3) is 10.8. The first-order chi connectivity index (χ1) is 35.6. The number of aromatic nitrogens is 5. The van der Waals surface area contributed by atoms with Gasteiger partial charge in [-0.1, -0.05) is 57.2 Å². The number of rotatable bonds is 13. The van der Waals surface area contributed by atoms with Crippen LogP contribution in [-0.4, -0.2) is 144 Å². The van der Waals surface area contributed by atoms with E-state index in [1.165, 1.54) is 10.5 Å². The van der Waals surface area contributed by atoms with Crippen molar-refractivity contribution >= 4 is 46.5 Å². The number of aliphatic hydroxyl groups is 1. The van der Waals surface area contributed by atoms with E-state index in [1.54, 1.807) is 35.4 Å². The van der Waals surface area contributed by atoms with Crippen LogP contribution in [0.1, 0.15) is 108 Å². The van der Waals surface area contributed by atoms with Crippen molar-refractivity contribution in [3.8, 4) is 27.4 Å². The van der Waals surface area contributed by atoms with Crippen molar-refractivity contribution in [2.75, 3.05) is 55.3 Å². The number of amides is 3. The number of likely N-dealkylation sites (tertiary alicyclic amines) is 2. The summed E-state index contributed by atoms with van der Waals surface area (Å²) in [5.74, 6) is 1.29. The van der Waals surface area contributed by atoms with Crippen molar-refractivity contribution in [3.63, 3.8) is 0 Å². The SMILES string of the molecule is Cc1ncsc1-c1ccc(CNC(=O)[C@@H]2C[C@@H](O)CN2C(=O)C(N(C)C(=O)C[C@H]2CC[C@H](N3CCC(c4cnc(N5C6CCC5CN(c5cc(-c7ccccc7O)nnc5N)C6)nc4)CC3)CC2)C(C)(C)C)cc1. The minimum absolute atomic E-state index is 0.0460. The van der Waals surface area contributed by atoms with Gasteiger partial charge in [-0.25, -0.2) is 15.0 Å². The zero-order chi connectivity index (χ0) is 51.8. The summed E-state index contributed by atoms with van der Waals surface area (Å²) in [7, 11) is 1.73. The van der Waals surface area contributed by atoms with Crippen LogP contribution in [-0.2, 0) is 20.9 Å². The lowest BCUT2D eigenvalue weighted by Gasteiger charge is -2.42. The van der Waals surface area contributed by atoms with Crippen LogP contribution in [0.5, 0.6) is 5.75 Å². The number of β-amino-alcohol motifs (C(OH)–C–C–N with tert-alkyl or cyclic N) is 1. The summed E-state index contributed by atoms with van der Waals surface area (Å²) in [5, 5.41) is 32.8. The molecule has 2 bridgehead atoms. The number of benzene rings is 2. The number of para-hydroxylation sites is 1. The number of nitrogens with zero attached hydrogens (tertiary/aromatic N) is 10. The molecule has 1 saturated carbocycles. The molecule has 7 heterocycles. The third-order valence-electron chi connectivity index (χ3n) is 16.6. The highest BCUT2D eigenvalue weighted by molar-refractivity contribution is 7.13. The van der Waals surface area contributed by atoms with Gasteiger partial charge in [0.05, 0.1) is 33.6 Å². The van der Waals surface area contributed by atoms with E-state index in [-0.39, 0.29) is 54.4 Å². The molecule has 5 N–H and O–H groups in total. The number of carbonyl (C=O) groups excluding carboxylic acids is 3. The molecule has 1 aliphatic carbocycles. The van der Waals surface area contributed by atoms with Gasteiger partial charge in [-0.15, -0.1) is 21.5 Å². The van der Waals surface area contributed by atoms with Gasteiger partial charge in [0, 0.05) is 82.2 Å². The second-order valence-electron chi connectivity index (χ2n) is 22.6. The molecule has 2 aromatic carbocycles. The molecule has 10 rings (SSSR count). The molecule has 392 valence electrons. The molecule has 3 aromatic heterocycles. The highest BCUT2D eigenvalue weighted by Crippen LogP contribution is 2.40. The molecule has 0 radical (unpaired) electrons. The van der Waals surface area contributed by atoms with Crippen LogP contribution >= 0.6 is 11.3 Å². The van der Waals surface area contributed by atoms with Crippen molar-refractivity contribution in [2.24, 2.45) is 11.3 Å². The van der Waals surface area contributed by atoms with Crippen LogP contribution < -0.4 is 20.9 Å². The minimum atomic E-state index is -0.833. The number of nitrogen functional groups attached to an aromatic ring is 1. The fourth-order valence-electron chi connectivity index (χ4n) is 12.7. The minimum Gasteiger partial charge on any atom is -0.507 e. The van der Waals surface area contributed by atoms with Crippen molar-refractivity contribution in [3.05, 3.63) is 89.3 Å². The molecule has 17 nitrogen and oxygen atoms in total. The molecule has 4 saturated heterocycles. The molecule has 18 heteroatoms. The number of nitrogens with two attached hydrogens (primary N) is 1. The van der Waals surface area contributed by atoms with Crippen LogP contribution in [0.4, 0.5) is 17.5 Å². The van der Waals surface area contributed by atoms with Gasteiger partial charge in [0.15, 0.2) is 5.82 Å². The van der Waals surface area contributed by atoms with Crippen molar-refractivity contribution in [1.82, 2.24) is 45.2 Å². The van der Waals surface area contributed by atoms with E-state index in [2.05, 4.69) is 35.2 Å². The van der Waals surface area contributed by atoms with E-state index in [9.17, 15) is 24.6 Å². The summed E-state index contributed by atoms with van der Waals surface area (Å²) < 4.78 is 0. The Kier molecular flexibility index (Phi) is 14.9. The standard InChI is InChI=1S/C56H72N12O5S/c1-34-50(74-33-61-34)38-14-10-36(11-15-38)27-58-53(72)47-25-43(69)32-67(47)54(73)51(56(2,3)4)64(5)49(71)24-35-12-16-40(17-13-35)65-22-20-37(21-23-65)39-28-59-55(60-29-39)68-41-18-19-42(68)31-66(30-41)46-26-45(62-63-52(46)57)44-8-6-7-9-48(44)70/h6-11,14-15,26,28-29,33,35,37,40-43,47,51,69-70H,12-13,16-25,27,30-32H2,1-5H3,(H2,57,63)(H,58,72)/t35-,40-,41?,42?,43-,47+,51?/m1/s1. The Balaban J connectivity index is 0.680. The molecule has 5 atom stereocenters. The largest absolute Gasteiger partial charge is 0.507 e. The van der Waals surface area contributed by atoms with Gasteiger partial charge in [-0.05, 0) is 124 Å². The monoisotopic (exact) mass is 1020 g/mol. The fourth-order valence-corrected chi connectivity index (χ4v) is 13.5. The number of anilines is 3. The molecule has 5 fully saturated rings. The van der Waals surface area contributed by atoms with Crippen LogP contribution in [0.15, 0.2) is 72.5 Å². The van der Waals surface area contributed by atoms with E-state index in [4.69, 9.17) is 15.7 Å². The number of fused-ring (bicyclic) bond motifs is 2. The van der Waals surface area contributed by atoms with Crippen LogP contribution in [0.3, 0.4) is 0 Å². The lowest BCUT2D eigenvalue weighted by Crippen LogP contribution is -2.58. The Bertz CT molecular complexity index is 2770. The van der Waals surface area contributed by atoms with E-state index in [1.807, 2.05) is 88.1 Å². The van der Waals surface area contributed by atoms with Gasteiger partial charge < -0.3 is 45.8 Å². The highest BCUT2D eigenvalue weighted by atomic mass is 32.1. The smallest absolute Gasteiger partial charge is 0.246 e. The summed E-state index contributed by atoms with van der Waals surface area (Å²) in [5.41, 5.74) is 13.8. The lowest BCUT2D eigenvalue weighted by atomic mass is 9.81. The first-order valence-electron chi connectivity index (χ1n) is 26.6. The lowest BCUT2D eigenvalue weighted by molar-refractivity contribution is -0.152.